The largest absolute Gasteiger partial charge is 0.479 e. The molecular weight excluding hydrogens is 232 g/mol. The lowest BCUT2D eigenvalue weighted by Gasteiger charge is -2.33. The fourth-order valence-corrected chi connectivity index (χ4v) is 2.11. The molecule has 0 bridgehead atoms. The number of ether oxygens (including phenoxy) is 1. The third kappa shape index (κ3) is 2.32. The number of fused-ring (bicyclic) bond motifs is 1. The van der Waals surface area contributed by atoms with Gasteiger partial charge in [0.25, 0.3) is 5.91 Å². The third-order valence-corrected chi connectivity index (χ3v) is 2.99. The van der Waals surface area contributed by atoms with Crippen molar-refractivity contribution in [3.05, 3.63) is 23.8 Å². The van der Waals surface area contributed by atoms with Crippen molar-refractivity contribution in [1.29, 1.82) is 0 Å². The van der Waals surface area contributed by atoms with Gasteiger partial charge in [-0.25, -0.2) is 0 Å². The van der Waals surface area contributed by atoms with Crippen molar-refractivity contribution in [1.82, 2.24) is 0 Å². The molecule has 0 radical (unpaired) electrons. The van der Waals surface area contributed by atoms with E-state index in [2.05, 4.69) is 0 Å². The van der Waals surface area contributed by atoms with E-state index < -0.39 is 6.10 Å². The van der Waals surface area contributed by atoms with Crippen LogP contribution in [0.1, 0.15) is 12.5 Å². The second kappa shape index (κ2) is 5.37. The van der Waals surface area contributed by atoms with E-state index in [-0.39, 0.29) is 19.1 Å². The molecule has 1 aromatic rings. The summed E-state index contributed by atoms with van der Waals surface area (Å²) in [6.45, 7) is 2.48. The molecule has 5 heteroatoms. The maximum absolute atomic E-state index is 12.0. The molecule has 0 aliphatic carbocycles. The SMILES string of the molecule is CC1Oc2ccc(CCN)cc2N(CCO)C1=O. The molecule has 1 amide bonds. The Morgan fingerprint density at radius 2 is 2.28 bits per heavy atom. The Labute approximate surface area is 106 Å². The number of benzene rings is 1. The van der Waals surface area contributed by atoms with Crippen LogP contribution in [0.4, 0.5) is 5.69 Å². The zero-order valence-corrected chi connectivity index (χ0v) is 10.4. The van der Waals surface area contributed by atoms with Gasteiger partial charge < -0.3 is 20.5 Å². The number of carbonyl (C=O) groups is 1. The number of amides is 1. The van der Waals surface area contributed by atoms with E-state index in [9.17, 15) is 4.79 Å². The number of hydrogen-bond donors (Lipinski definition) is 2. The Balaban J connectivity index is 2.38. The highest BCUT2D eigenvalue weighted by atomic mass is 16.5. The van der Waals surface area contributed by atoms with Crippen LogP contribution in [0.25, 0.3) is 0 Å². The van der Waals surface area contributed by atoms with Crippen molar-refractivity contribution >= 4 is 11.6 Å². The molecule has 1 aliphatic heterocycles. The zero-order chi connectivity index (χ0) is 13.1. The third-order valence-electron chi connectivity index (χ3n) is 2.99. The molecule has 3 N–H and O–H groups in total. The van der Waals surface area contributed by atoms with Gasteiger partial charge >= 0.3 is 0 Å². The molecule has 0 saturated heterocycles. The van der Waals surface area contributed by atoms with Gasteiger partial charge in [-0.1, -0.05) is 6.07 Å². The second-order valence-corrected chi connectivity index (χ2v) is 4.31. The Morgan fingerprint density at radius 1 is 1.50 bits per heavy atom. The quantitative estimate of drug-likeness (QED) is 0.805. The van der Waals surface area contributed by atoms with E-state index in [0.29, 0.717) is 12.3 Å². The predicted molar refractivity (Wildman–Crippen MR) is 68.7 cm³/mol. The van der Waals surface area contributed by atoms with Gasteiger partial charge in [-0.3, -0.25) is 4.79 Å². The molecule has 18 heavy (non-hydrogen) atoms. The average molecular weight is 250 g/mol. The average Bonchev–Trinajstić information content (AvgIpc) is 2.36. The number of anilines is 1. The first-order valence-corrected chi connectivity index (χ1v) is 6.09. The summed E-state index contributed by atoms with van der Waals surface area (Å²) in [4.78, 5) is 13.6. The normalized spacial score (nSPS) is 18.5. The first-order chi connectivity index (χ1) is 8.67. The number of nitrogens with two attached hydrogens (primary N) is 1. The molecule has 1 aromatic carbocycles. The van der Waals surface area contributed by atoms with Crippen LogP contribution in [0, 0.1) is 0 Å². The zero-order valence-electron chi connectivity index (χ0n) is 10.4. The van der Waals surface area contributed by atoms with Gasteiger partial charge in [-0.2, -0.15) is 0 Å². The maximum atomic E-state index is 12.0. The maximum Gasteiger partial charge on any atom is 0.267 e. The van der Waals surface area contributed by atoms with Crippen LogP contribution < -0.4 is 15.4 Å². The van der Waals surface area contributed by atoms with Gasteiger partial charge in [0, 0.05) is 6.54 Å². The van der Waals surface area contributed by atoms with Gasteiger partial charge in [-0.15, -0.1) is 0 Å². The molecular formula is C13H18N2O3. The van der Waals surface area contributed by atoms with Crippen molar-refractivity contribution in [2.75, 3.05) is 24.6 Å². The number of aliphatic hydroxyl groups excluding tert-OH is 1. The monoisotopic (exact) mass is 250 g/mol. The lowest BCUT2D eigenvalue weighted by Crippen LogP contribution is -2.45. The summed E-state index contributed by atoms with van der Waals surface area (Å²) in [5.74, 6) is 0.553. The molecule has 0 fully saturated rings. The Hall–Kier alpha value is -1.59. The van der Waals surface area contributed by atoms with Crippen LogP contribution in [0.3, 0.4) is 0 Å². The summed E-state index contributed by atoms with van der Waals surface area (Å²) in [7, 11) is 0. The standard InChI is InChI=1S/C13H18N2O3/c1-9-13(17)15(6-7-16)11-8-10(4-5-14)2-3-12(11)18-9/h2-3,8-9,16H,4-7,14H2,1H3. The number of nitrogens with zero attached hydrogens (tertiary/aromatic N) is 1. The van der Waals surface area contributed by atoms with Crippen LogP contribution in [-0.4, -0.2) is 36.8 Å². The Morgan fingerprint density at radius 3 is 2.94 bits per heavy atom. The minimum atomic E-state index is -0.510. The second-order valence-electron chi connectivity index (χ2n) is 4.31. The molecule has 0 aromatic heterocycles. The van der Waals surface area contributed by atoms with Gasteiger partial charge in [-0.05, 0) is 37.6 Å². The number of β-amino-alcohol motifs (C(OH)–C–C–N with tert-alkyl or cyclic N) is 1. The van der Waals surface area contributed by atoms with Gasteiger partial charge in [0.15, 0.2) is 6.10 Å². The lowest BCUT2D eigenvalue weighted by atomic mass is 10.1. The van der Waals surface area contributed by atoms with Gasteiger partial charge in [0.1, 0.15) is 5.75 Å². The van der Waals surface area contributed by atoms with Crippen molar-refractivity contribution in [2.45, 2.75) is 19.4 Å². The van der Waals surface area contributed by atoms with E-state index >= 15 is 0 Å². The van der Waals surface area contributed by atoms with E-state index in [1.54, 1.807) is 11.8 Å². The molecule has 0 saturated carbocycles. The van der Waals surface area contributed by atoms with Crippen LogP contribution >= 0.6 is 0 Å². The molecule has 98 valence electrons. The Kier molecular flexibility index (Phi) is 3.84. The summed E-state index contributed by atoms with van der Waals surface area (Å²) in [6.07, 6.45) is 0.244. The number of carbonyl (C=O) groups excluding carboxylic acids is 1. The van der Waals surface area contributed by atoms with E-state index in [0.717, 1.165) is 17.7 Å². The van der Waals surface area contributed by atoms with Crippen LogP contribution in [0.15, 0.2) is 18.2 Å². The highest BCUT2D eigenvalue weighted by Gasteiger charge is 2.31. The number of aliphatic hydroxyl groups is 1. The highest BCUT2D eigenvalue weighted by molar-refractivity contribution is 5.99. The summed E-state index contributed by atoms with van der Waals surface area (Å²) < 4.78 is 5.55. The fraction of sp³-hybridized carbons (Fsp3) is 0.462. The molecule has 0 spiro atoms. The topological polar surface area (TPSA) is 75.8 Å². The van der Waals surface area contributed by atoms with Crippen LogP contribution in [-0.2, 0) is 11.2 Å². The predicted octanol–water partition coefficient (Wildman–Crippen LogP) is 0.294. The molecule has 1 heterocycles. The van der Waals surface area contributed by atoms with Crippen molar-refractivity contribution in [3.63, 3.8) is 0 Å². The van der Waals surface area contributed by atoms with Gasteiger partial charge in [0.05, 0.1) is 12.3 Å². The van der Waals surface area contributed by atoms with Gasteiger partial charge in [0.2, 0.25) is 0 Å². The van der Waals surface area contributed by atoms with E-state index in [1.165, 1.54) is 0 Å². The minimum Gasteiger partial charge on any atom is -0.479 e. The van der Waals surface area contributed by atoms with E-state index in [4.69, 9.17) is 15.6 Å². The smallest absolute Gasteiger partial charge is 0.267 e. The molecule has 1 unspecified atom stereocenters. The first kappa shape index (κ1) is 12.9. The first-order valence-electron chi connectivity index (χ1n) is 6.09. The van der Waals surface area contributed by atoms with Crippen LogP contribution in [0.5, 0.6) is 5.75 Å². The number of rotatable bonds is 4. The lowest BCUT2D eigenvalue weighted by molar-refractivity contribution is -0.125. The Bertz CT molecular complexity index is 448. The number of hydrogen-bond acceptors (Lipinski definition) is 4. The fourth-order valence-electron chi connectivity index (χ4n) is 2.11. The van der Waals surface area contributed by atoms with Crippen LogP contribution in [0.2, 0.25) is 0 Å². The summed E-state index contributed by atoms with van der Waals surface area (Å²) in [5, 5.41) is 9.07. The van der Waals surface area contributed by atoms with Crippen molar-refractivity contribution < 1.29 is 14.6 Å². The van der Waals surface area contributed by atoms with Crippen molar-refractivity contribution in [3.8, 4) is 5.75 Å². The highest BCUT2D eigenvalue weighted by Crippen LogP contribution is 2.34. The summed E-state index contributed by atoms with van der Waals surface area (Å²) in [6, 6.07) is 5.71. The molecule has 1 aliphatic rings. The molecule has 2 rings (SSSR count). The molecule has 1 atom stereocenters. The summed E-state index contributed by atoms with van der Waals surface area (Å²) >= 11 is 0. The molecule has 5 nitrogen and oxygen atoms in total. The summed E-state index contributed by atoms with van der Waals surface area (Å²) in [5.41, 5.74) is 7.31. The van der Waals surface area contributed by atoms with E-state index in [1.807, 2.05) is 18.2 Å². The van der Waals surface area contributed by atoms with Crippen molar-refractivity contribution in [2.24, 2.45) is 5.73 Å². The minimum absolute atomic E-state index is 0.0704.